The number of hydrogen-bond acceptors (Lipinski definition) is 5. The number of nitrogens with zero attached hydrogens (tertiary/aromatic N) is 1. The van der Waals surface area contributed by atoms with E-state index in [0.717, 1.165) is 16.7 Å². The number of carbonyl (C=O) groups is 2. The third-order valence-corrected chi connectivity index (χ3v) is 5.81. The van der Waals surface area contributed by atoms with Crippen LogP contribution in [0, 0.1) is 0 Å². The van der Waals surface area contributed by atoms with Gasteiger partial charge in [-0.2, -0.15) is 0 Å². The number of benzene rings is 3. The van der Waals surface area contributed by atoms with Crippen LogP contribution in [0.2, 0.25) is 5.02 Å². The first-order chi connectivity index (χ1) is 15.5. The van der Waals surface area contributed by atoms with Gasteiger partial charge in [0.15, 0.2) is 11.5 Å². The number of anilines is 1. The van der Waals surface area contributed by atoms with Crippen molar-refractivity contribution in [1.82, 2.24) is 0 Å². The minimum Gasteiger partial charge on any atom is -0.493 e. The molecule has 3 aromatic carbocycles. The van der Waals surface area contributed by atoms with E-state index in [1.165, 1.54) is 7.11 Å². The van der Waals surface area contributed by atoms with Crippen LogP contribution in [-0.4, -0.2) is 33.2 Å². The molecule has 0 fully saturated rings. The van der Waals surface area contributed by atoms with Crippen molar-refractivity contribution < 1.29 is 23.8 Å². The second kappa shape index (κ2) is 8.93. The van der Waals surface area contributed by atoms with Crippen LogP contribution < -0.4 is 14.4 Å². The maximum Gasteiger partial charge on any atom is 0.337 e. The van der Waals surface area contributed by atoms with Crippen LogP contribution in [-0.2, 0) is 16.0 Å². The fraction of sp³-hybridized carbons (Fsp3) is 0.200. The van der Waals surface area contributed by atoms with E-state index in [1.54, 1.807) is 55.5 Å². The number of fused-ring (bicyclic) bond motifs is 1. The van der Waals surface area contributed by atoms with Crippen molar-refractivity contribution in [2.45, 2.75) is 12.5 Å². The maximum atomic E-state index is 13.4. The highest BCUT2D eigenvalue weighted by atomic mass is 35.5. The normalized spacial score (nSPS) is 15.2. The topological polar surface area (TPSA) is 65.1 Å². The van der Waals surface area contributed by atoms with Gasteiger partial charge in [0.1, 0.15) is 0 Å². The van der Waals surface area contributed by atoms with Gasteiger partial charge in [-0.05, 0) is 65.2 Å². The molecule has 1 aliphatic rings. The second-order valence-corrected chi connectivity index (χ2v) is 7.78. The molecule has 0 unspecified atom stereocenters. The second-order valence-electron chi connectivity index (χ2n) is 7.34. The summed E-state index contributed by atoms with van der Waals surface area (Å²) >= 11 is 6.12. The van der Waals surface area contributed by atoms with Crippen molar-refractivity contribution in [3.05, 3.63) is 87.9 Å². The van der Waals surface area contributed by atoms with E-state index in [4.69, 9.17) is 25.8 Å². The number of halogens is 1. The molecular weight excluding hydrogens is 430 g/mol. The molecule has 0 spiro atoms. The highest BCUT2D eigenvalue weighted by molar-refractivity contribution is 6.30. The Hall–Kier alpha value is -3.51. The van der Waals surface area contributed by atoms with E-state index in [0.29, 0.717) is 27.8 Å². The summed E-state index contributed by atoms with van der Waals surface area (Å²) in [7, 11) is 4.49. The molecule has 3 aromatic rings. The minimum absolute atomic E-state index is 0.0736. The summed E-state index contributed by atoms with van der Waals surface area (Å²) in [6.07, 6.45) is 0.207. The van der Waals surface area contributed by atoms with Gasteiger partial charge in [-0.25, -0.2) is 4.79 Å². The third-order valence-electron chi connectivity index (χ3n) is 5.56. The maximum absolute atomic E-state index is 13.4. The van der Waals surface area contributed by atoms with Crippen molar-refractivity contribution in [3.8, 4) is 11.5 Å². The molecule has 1 amide bonds. The van der Waals surface area contributed by atoms with Crippen molar-refractivity contribution >= 4 is 29.2 Å². The predicted octanol–water partition coefficient (Wildman–Crippen LogP) is 4.82. The lowest BCUT2D eigenvalue weighted by Crippen LogP contribution is -2.41. The summed E-state index contributed by atoms with van der Waals surface area (Å²) < 4.78 is 15.7. The minimum atomic E-state index is -0.432. The summed E-state index contributed by atoms with van der Waals surface area (Å²) in [5.74, 6) is 0.652. The molecule has 1 aliphatic heterocycles. The molecule has 7 heteroatoms. The van der Waals surface area contributed by atoms with Gasteiger partial charge in [0.05, 0.1) is 39.4 Å². The Morgan fingerprint density at radius 3 is 2.16 bits per heavy atom. The lowest BCUT2D eigenvalue weighted by molar-refractivity contribution is -0.118. The number of amides is 1. The Labute approximate surface area is 191 Å². The van der Waals surface area contributed by atoms with Gasteiger partial charge in [0, 0.05) is 10.7 Å². The molecular formula is C25H22ClNO5. The van der Waals surface area contributed by atoms with E-state index in [1.807, 2.05) is 24.3 Å². The molecule has 0 N–H and O–H groups in total. The van der Waals surface area contributed by atoms with Crippen molar-refractivity contribution in [3.63, 3.8) is 0 Å². The molecule has 32 heavy (non-hydrogen) atoms. The van der Waals surface area contributed by atoms with Crippen LogP contribution in [0.25, 0.3) is 0 Å². The fourth-order valence-electron chi connectivity index (χ4n) is 4.02. The van der Waals surface area contributed by atoms with Crippen molar-refractivity contribution in [1.29, 1.82) is 0 Å². The van der Waals surface area contributed by atoms with Crippen molar-refractivity contribution in [2.24, 2.45) is 0 Å². The molecule has 1 atom stereocenters. The van der Waals surface area contributed by atoms with Crippen molar-refractivity contribution in [2.75, 3.05) is 26.2 Å². The SMILES string of the molecule is COC(=O)c1ccc(N2C(=O)Cc3cc(OC)c(OC)cc3[C@@H]2c2ccc(Cl)cc2)cc1. The lowest BCUT2D eigenvalue weighted by Gasteiger charge is -2.38. The van der Waals surface area contributed by atoms with Gasteiger partial charge in [-0.1, -0.05) is 23.7 Å². The molecule has 0 radical (unpaired) electrons. The van der Waals surface area contributed by atoms with Crippen LogP contribution in [0.3, 0.4) is 0 Å². The van der Waals surface area contributed by atoms with Gasteiger partial charge in [0.2, 0.25) is 5.91 Å². The van der Waals surface area contributed by atoms with E-state index < -0.39 is 12.0 Å². The standard InChI is InChI=1S/C25H22ClNO5/c1-30-21-12-17-13-23(28)27(19-10-6-16(7-11-19)25(29)32-3)24(20(17)14-22(21)31-2)15-4-8-18(26)9-5-15/h4-12,14,24H,13H2,1-3H3/t24-/m0/s1. The number of carbonyl (C=O) groups excluding carboxylic acids is 2. The summed E-state index contributed by atoms with van der Waals surface area (Å²) in [5.41, 5.74) is 3.78. The van der Waals surface area contributed by atoms with Gasteiger partial charge in [-0.15, -0.1) is 0 Å². The van der Waals surface area contributed by atoms with E-state index in [2.05, 4.69) is 0 Å². The Balaban J connectivity index is 1.88. The summed E-state index contributed by atoms with van der Waals surface area (Å²) in [4.78, 5) is 26.9. The largest absolute Gasteiger partial charge is 0.493 e. The molecule has 0 bridgehead atoms. The first-order valence-electron chi connectivity index (χ1n) is 9.97. The fourth-order valence-corrected chi connectivity index (χ4v) is 4.14. The van der Waals surface area contributed by atoms with Crippen LogP contribution in [0.4, 0.5) is 5.69 Å². The van der Waals surface area contributed by atoms with Gasteiger partial charge >= 0.3 is 5.97 Å². The number of methoxy groups -OCH3 is 3. The highest BCUT2D eigenvalue weighted by Gasteiger charge is 2.36. The molecule has 0 aromatic heterocycles. The van der Waals surface area contributed by atoms with E-state index >= 15 is 0 Å². The highest BCUT2D eigenvalue weighted by Crippen LogP contribution is 2.43. The predicted molar refractivity (Wildman–Crippen MR) is 122 cm³/mol. The molecule has 0 saturated carbocycles. The average Bonchev–Trinajstić information content (AvgIpc) is 2.82. The van der Waals surface area contributed by atoms with Crippen LogP contribution in [0.1, 0.15) is 33.1 Å². The third kappa shape index (κ3) is 3.89. The summed E-state index contributed by atoms with van der Waals surface area (Å²) in [5, 5.41) is 0.609. The van der Waals surface area contributed by atoms with Crippen LogP contribution in [0.15, 0.2) is 60.7 Å². The Morgan fingerprint density at radius 2 is 1.56 bits per heavy atom. The van der Waals surface area contributed by atoms with Gasteiger partial charge in [-0.3, -0.25) is 4.79 Å². The van der Waals surface area contributed by atoms with Gasteiger partial charge in [0.25, 0.3) is 0 Å². The number of rotatable bonds is 5. The zero-order valence-electron chi connectivity index (χ0n) is 17.9. The van der Waals surface area contributed by atoms with E-state index in [9.17, 15) is 9.59 Å². The Bertz CT molecular complexity index is 1160. The number of esters is 1. The van der Waals surface area contributed by atoms with Crippen LogP contribution >= 0.6 is 11.6 Å². The number of ether oxygens (including phenoxy) is 3. The molecule has 0 aliphatic carbocycles. The average molecular weight is 452 g/mol. The first-order valence-corrected chi connectivity index (χ1v) is 10.3. The molecule has 0 saturated heterocycles. The summed E-state index contributed by atoms with van der Waals surface area (Å²) in [6.45, 7) is 0. The molecule has 164 valence electrons. The molecule has 1 heterocycles. The molecule has 6 nitrogen and oxygen atoms in total. The van der Waals surface area contributed by atoms with Gasteiger partial charge < -0.3 is 19.1 Å². The summed E-state index contributed by atoms with van der Waals surface area (Å²) in [6, 6.07) is 17.6. The molecule has 4 rings (SSSR count). The monoisotopic (exact) mass is 451 g/mol. The van der Waals surface area contributed by atoms with E-state index in [-0.39, 0.29) is 12.3 Å². The Kier molecular flexibility index (Phi) is 6.06. The smallest absolute Gasteiger partial charge is 0.337 e. The number of hydrogen-bond donors (Lipinski definition) is 0. The Morgan fingerprint density at radius 1 is 0.938 bits per heavy atom. The lowest BCUT2D eigenvalue weighted by atomic mass is 9.86. The zero-order chi connectivity index (χ0) is 22.8. The first kappa shape index (κ1) is 21.7. The quantitative estimate of drug-likeness (QED) is 0.520. The van der Waals surface area contributed by atoms with Crippen LogP contribution in [0.5, 0.6) is 11.5 Å². The zero-order valence-corrected chi connectivity index (χ0v) is 18.7.